The van der Waals surface area contributed by atoms with E-state index in [0.29, 0.717) is 6.04 Å². The highest BCUT2D eigenvalue weighted by Crippen LogP contribution is 2.23. The molecule has 0 bridgehead atoms. The normalized spacial score (nSPS) is 11.9. The summed E-state index contributed by atoms with van der Waals surface area (Å²) in [6, 6.07) is 16.7. The van der Waals surface area contributed by atoms with Gasteiger partial charge in [-0.2, -0.15) is 0 Å². The molecular weight excluding hydrogens is 222 g/mol. The summed E-state index contributed by atoms with van der Waals surface area (Å²) in [6.07, 6.45) is 0. The quantitative estimate of drug-likeness (QED) is 0.867. The average Bonchev–Trinajstić information content (AvgIpc) is 2.40. The minimum atomic E-state index is 0.291. The summed E-state index contributed by atoms with van der Waals surface area (Å²) in [5.41, 5.74) is 3.74. The van der Waals surface area contributed by atoms with Gasteiger partial charge in [-0.1, -0.05) is 24.3 Å². The van der Waals surface area contributed by atoms with E-state index >= 15 is 0 Å². The summed E-state index contributed by atoms with van der Waals surface area (Å²) < 4.78 is 5.15. The maximum Gasteiger partial charge on any atom is 0.119 e. The molecule has 0 aliphatic rings. The summed E-state index contributed by atoms with van der Waals surface area (Å²) in [6.45, 7) is 4.31. The van der Waals surface area contributed by atoms with Gasteiger partial charge in [-0.05, 0) is 49.2 Å². The first-order valence-electron chi connectivity index (χ1n) is 6.17. The highest BCUT2D eigenvalue weighted by Gasteiger charge is 2.07. The van der Waals surface area contributed by atoms with Crippen molar-refractivity contribution in [2.45, 2.75) is 19.9 Å². The Hall–Kier alpha value is -1.96. The van der Waals surface area contributed by atoms with Crippen molar-refractivity contribution in [3.8, 4) is 5.75 Å². The SMILES string of the molecule is COc1ccc(N[C@H](C)c2ccccc2C)cc1. The van der Waals surface area contributed by atoms with E-state index in [9.17, 15) is 0 Å². The van der Waals surface area contributed by atoms with Crippen molar-refractivity contribution >= 4 is 5.69 Å². The van der Waals surface area contributed by atoms with Crippen LogP contribution in [-0.4, -0.2) is 7.11 Å². The van der Waals surface area contributed by atoms with E-state index < -0.39 is 0 Å². The molecule has 1 atom stereocenters. The van der Waals surface area contributed by atoms with Crippen LogP contribution in [0, 0.1) is 6.92 Å². The monoisotopic (exact) mass is 241 g/mol. The first-order chi connectivity index (χ1) is 8.70. The second-order valence-electron chi connectivity index (χ2n) is 4.45. The van der Waals surface area contributed by atoms with Gasteiger partial charge in [-0.3, -0.25) is 0 Å². The van der Waals surface area contributed by atoms with Gasteiger partial charge in [-0.15, -0.1) is 0 Å². The van der Waals surface area contributed by atoms with E-state index in [1.807, 2.05) is 24.3 Å². The topological polar surface area (TPSA) is 21.3 Å². The van der Waals surface area contributed by atoms with Crippen molar-refractivity contribution in [1.29, 1.82) is 0 Å². The summed E-state index contributed by atoms with van der Waals surface area (Å²) in [5.74, 6) is 0.879. The van der Waals surface area contributed by atoms with Crippen LogP contribution >= 0.6 is 0 Å². The Kier molecular flexibility index (Phi) is 3.88. The van der Waals surface area contributed by atoms with Gasteiger partial charge in [-0.25, -0.2) is 0 Å². The number of rotatable bonds is 4. The lowest BCUT2D eigenvalue weighted by atomic mass is 10.0. The lowest BCUT2D eigenvalue weighted by Crippen LogP contribution is -2.07. The van der Waals surface area contributed by atoms with Crippen LogP contribution in [0.1, 0.15) is 24.1 Å². The third-order valence-electron chi connectivity index (χ3n) is 3.13. The predicted octanol–water partition coefficient (Wildman–Crippen LogP) is 4.18. The molecule has 2 heteroatoms. The Bertz CT molecular complexity index is 505. The molecule has 0 unspecified atom stereocenters. The standard InChI is InChI=1S/C16H19NO/c1-12-6-4-5-7-16(12)13(2)17-14-8-10-15(18-3)11-9-14/h4-11,13,17H,1-3H3/t13-/m1/s1. The second kappa shape index (κ2) is 5.58. The van der Waals surface area contributed by atoms with Gasteiger partial charge in [0, 0.05) is 11.7 Å². The minimum Gasteiger partial charge on any atom is -0.497 e. The molecule has 0 amide bonds. The molecule has 0 saturated heterocycles. The molecule has 2 nitrogen and oxygen atoms in total. The first kappa shape index (κ1) is 12.5. The molecule has 2 rings (SSSR count). The van der Waals surface area contributed by atoms with Crippen LogP contribution in [-0.2, 0) is 0 Å². The molecule has 0 saturated carbocycles. The number of nitrogens with one attached hydrogen (secondary N) is 1. The van der Waals surface area contributed by atoms with Gasteiger partial charge in [0.1, 0.15) is 5.75 Å². The molecule has 2 aromatic carbocycles. The second-order valence-corrected chi connectivity index (χ2v) is 4.45. The third kappa shape index (κ3) is 2.83. The molecule has 0 aromatic heterocycles. The maximum atomic E-state index is 5.15. The Morgan fingerprint density at radius 3 is 2.28 bits per heavy atom. The fourth-order valence-electron chi connectivity index (χ4n) is 2.09. The largest absolute Gasteiger partial charge is 0.497 e. The number of methoxy groups -OCH3 is 1. The first-order valence-corrected chi connectivity index (χ1v) is 6.17. The molecule has 0 radical (unpaired) electrons. The fraction of sp³-hybridized carbons (Fsp3) is 0.250. The van der Waals surface area contributed by atoms with Crippen LogP contribution in [0.2, 0.25) is 0 Å². The average molecular weight is 241 g/mol. The lowest BCUT2D eigenvalue weighted by Gasteiger charge is -2.18. The van der Waals surface area contributed by atoms with Crippen molar-refractivity contribution in [2.75, 3.05) is 12.4 Å². The predicted molar refractivity (Wildman–Crippen MR) is 76.2 cm³/mol. The molecule has 18 heavy (non-hydrogen) atoms. The van der Waals surface area contributed by atoms with Gasteiger partial charge in [0.15, 0.2) is 0 Å². The molecule has 94 valence electrons. The van der Waals surface area contributed by atoms with E-state index in [0.717, 1.165) is 11.4 Å². The van der Waals surface area contributed by atoms with Crippen molar-refractivity contribution in [2.24, 2.45) is 0 Å². The zero-order valence-electron chi connectivity index (χ0n) is 11.1. The molecule has 0 aliphatic heterocycles. The Labute approximate surface area is 109 Å². The van der Waals surface area contributed by atoms with E-state index in [1.54, 1.807) is 7.11 Å². The van der Waals surface area contributed by atoms with Crippen molar-refractivity contribution in [1.82, 2.24) is 0 Å². The van der Waals surface area contributed by atoms with Crippen molar-refractivity contribution in [3.63, 3.8) is 0 Å². The van der Waals surface area contributed by atoms with Gasteiger partial charge in [0.25, 0.3) is 0 Å². The molecule has 1 N–H and O–H groups in total. The molecular formula is C16H19NO. The fourth-order valence-corrected chi connectivity index (χ4v) is 2.09. The summed E-state index contributed by atoms with van der Waals surface area (Å²) in [4.78, 5) is 0. The highest BCUT2D eigenvalue weighted by atomic mass is 16.5. The molecule has 2 aromatic rings. The van der Waals surface area contributed by atoms with Crippen molar-refractivity contribution < 1.29 is 4.74 Å². The maximum absolute atomic E-state index is 5.15. The lowest BCUT2D eigenvalue weighted by molar-refractivity contribution is 0.415. The Morgan fingerprint density at radius 1 is 1.00 bits per heavy atom. The van der Waals surface area contributed by atoms with Crippen molar-refractivity contribution in [3.05, 3.63) is 59.7 Å². The number of ether oxygens (including phenoxy) is 1. The van der Waals surface area contributed by atoms with E-state index in [1.165, 1.54) is 11.1 Å². The van der Waals surface area contributed by atoms with Gasteiger partial charge in [0.2, 0.25) is 0 Å². The molecule has 0 heterocycles. The number of aryl methyl sites for hydroxylation is 1. The van der Waals surface area contributed by atoms with Crippen LogP contribution in [0.4, 0.5) is 5.69 Å². The van der Waals surface area contributed by atoms with E-state index in [4.69, 9.17) is 4.74 Å². The summed E-state index contributed by atoms with van der Waals surface area (Å²) in [5, 5.41) is 3.49. The smallest absolute Gasteiger partial charge is 0.119 e. The molecule has 0 spiro atoms. The van der Waals surface area contributed by atoms with E-state index in [-0.39, 0.29) is 0 Å². The van der Waals surface area contributed by atoms with Gasteiger partial charge >= 0.3 is 0 Å². The number of anilines is 1. The van der Waals surface area contributed by atoms with Crippen LogP contribution in [0.3, 0.4) is 0 Å². The summed E-state index contributed by atoms with van der Waals surface area (Å²) in [7, 11) is 1.68. The zero-order chi connectivity index (χ0) is 13.0. The van der Waals surface area contributed by atoms with Crippen LogP contribution < -0.4 is 10.1 Å². The van der Waals surface area contributed by atoms with Gasteiger partial charge in [0.05, 0.1) is 7.11 Å². The molecule has 0 fully saturated rings. The van der Waals surface area contributed by atoms with Crippen LogP contribution in [0.15, 0.2) is 48.5 Å². The number of benzene rings is 2. The highest BCUT2D eigenvalue weighted by molar-refractivity contribution is 5.48. The number of hydrogen-bond acceptors (Lipinski definition) is 2. The zero-order valence-corrected chi connectivity index (χ0v) is 11.1. The third-order valence-corrected chi connectivity index (χ3v) is 3.13. The Balaban J connectivity index is 2.11. The summed E-state index contributed by atoms with van der Waals surface area (Å²) >= 11 is 0. The minimum absolute atomic E-state index is 0.291. The van der Waals surface area contributed by atoms with Crippen LogP contribution in [0.5, 0.6) is 5.75 Å². The van der Waals surface area contributed by atoms with Crippen LogP contribution in [0.25, 0.3) is 0 Å². The number of hydrogen-bond donors (Lipinski definition) is 1. The van der Waals surface area contributed by atoms with Gasteiger partial charge < -0.3 is 10.1 Å². The van der Waals surface area contributed by atoms with E-state index in [2.05, 4.69) is 43.4 Å². The molecule has 0 aliphatic carbocycles. The Morgan fingerprint density at radius 2 is 1.67 bits per heavy atom.